The molecule has 0 amide bonds. The van der Waals surface area contributed by atoms with Gasteiger partial charge in [-0.2, -0.15) is 5.26 Å². The van der Waals surface area contributed by atoms with Crippen LogP contribution >= 0.6 is 0 Å². The van der Waals surface area contributed by atoms with Gasteiger partial charge in [0.2, 0.25) is 0 Å². The molecule has 0 aromatic heterocycles. The summed E-state index contributed by atoms with van der Waals surface area (Å²) in [5.74, 6) is -0.289. The molecule has 178 valence electrons. The number of aryl methyl sites for hydroxylation is 1. The van der Waals surface area contributed by atoms with E-state index in [-0.39, 0.29) is 40.5 Å². The lowest BCUT2D eigenvalue weighted by atomic mass is 9.90. The number of fused-ring (bicyclic) bond motifs is 1. The summed E-state index contributed by atoms with van der Waals surface area (Å²) < 4.78 is 28.4. The normalized spacial score (nSPS) is 15.2. The predicted molar refractivity (Wildman–Crippen MR) is 134 cm³/mol. The molecule has 0 radical (unpaired) electrons. The highest BCUT2D eigenvalue weighted by molar-refractivity contribution is 7.92. The Morgan fingerprint density at radius 1 is 1.11 bits per heavy atom. The molecule has 35 heavy (non-hydrogen) atoms. The fourth-order valence-electron chi connectivity index (χ4n) is 4.04. The number of rotatable bonds is 6. The van der Waals surface area contributed by atoms with Crippen molar-refractivity contribution in [1.29, 1.82) is 5.26 Å². The maximum atomic E-state index is 13.0. The van der Waals surface area contributed by atoms with E-state index in [0.29, 0.717) is 22.4 Å². The van der Waals surface area contributed by atoms with E-state index in [1.807, 2.05) is 26.0 Å². The van der Waals surface area contributed by atoms with Crippen LogP contribution in [0, 0.1) is 24.2 Å². The first kappa shape index (κ1) is 24.2. The minimum absolute atomic E-state index is 0.0344. The maximum Gasteiger partial charge on any atom is 0.261 e. The number of carbonyl (C=O) groups excluding carboxylic acids is 2. The molecule has 1 unspecified atom stereocenters. The molecule has 4 rings (SSSR count). The maximum absolute atomic E-state index is 13.0. The molecule has 0 bridgehead atoms. The Hall–Kier alpha value is -3.96. The molecule has 0 saturated heterocycles. The van der Waals surface area contributed by atoms with E-state index >= 15 is 0 Å². The number of anilines is 2. The van der Waals surface area contributed by atoms with Crippen molar-refractivity contribution in [2.75, 3.05) is 10.0 Å². The van der Waals surface area contributed by atoms with Crippen LogP contribution < -0.4 is 10.0 Å². The molecule has 8 heteroatoms. The van der Waals surface area contributed by atoms with Gasteiger partial charge in [-0.25, -0.2) is 8.42 Å². The van der Waals surface area contributed by atoms with Crippen molar-refractivity contribution in [3.8, 4) is 6.07 Å². The van der Waals surface area contributed by atoms with Gasteiger partial charge in [-0.1, -0.05) is 38.1 Å². The van der Waals surface area contributed by atoms with Crippen LogP contribution in [-0.4, -0.2) is 20.0 Å². The molecule has 0 spiro atoms. The monoisotopic (exact) mass is 487 g/mol. The molecule has 3 aromatic carbocycles. The molecule has 1 heterocycles. The molecule has 1 aliphatic heterocycles. The first-order chi connectivity index (χ1) is 16.6. The van der Waals surface area contributed by atoms with E-state index in [0.717, 1.165) is 11.1 Å². The molecule has 0 saturated carbocycles. The number of ketones is 2. The number of nitrogens with zero attached hydrogens (tertiary/aromatic N) is 1. The average molecular weight is 488 g/mol. The summed E-state index contributed by atoms with van der Waals surface area (Å²) in [6.45, 7) is 5.45. The zero-order valence-electron chi connectivity index (χ0n) is 19.6. The third-order valence-electron chi connectivity index (χ3n) is 6.03. The Morgan fingerprint density at radius 2 is 1.89 bits per heavy atom. The number of hydrogen-bond acceptors (Lipinski definition) is 6. The van der Waals surface area contributed by atoms with Crippen molar-refractivity contribution in [2.45, 2.75) is 38.1 Å². The Balaban J connectivity index is 1.59. The van der Waals surface area contributed by atoms with Gasteiger partial charge in [0, 0.05) is 29.2 Å². The predicted octanol–water partition coefficient (Wildman–Crippen LogP) is 5.25. The minimum atomic E-state index is -3.97. The van der Waals surface area contributed by atoms with E-state index < -0.39 is 10.0 Å². The van der Waals surface area contributed by atoms with Gasteiger partial charge < -0.3 is 5.32 Å². The van der Waals surface area contributed by atoms with Gasteiger partial charge in [0.1, 0.15) is 0 Å². The highest BCUT2D eigenvalue weighted by Crippen LogP contribution is 2.34. The topological polar surface area (TPSA) is 116 Å². The number of hydrogen-bond donors (Lipinski definition) is 2. The fourth-order valence-corrected chi connectivity index (χ4v) is 5.12. The quantitative estimate of drug-likeness (QED) is 0.459. The largest absolute Gasteiger partial charge is 0.377 e. The number of nitriles is 1. The van der Waals surface area contributed by atoms with Crippen LogP contribution in [-0.2, 0) is 10.0 Å². The summed E-state index contributed by atoms with van der Waals surface area (Å²) >= 11 is 0. The lowest BCUT2D eigenvalue weighted by Gasteiger charge is -2.27. The van der Waals surface area contributed by atoms with Crippen LogP contribution in [0.4, 0.5) is 11.4 Å². The number of carbonyl (C=O) groups is 2. The van der Waals surface area contributed by atoms with E-state index in [4.69, 9.17) is 0 Å². The number of benzene rings is 3. The van der Waals surface area contributed by atoms with Gasteiger partial charge >= 0.3 is 0 Å². The van der Waals surface area contributed by atoms with Crippen LogP contribution in [0.2, 0.25) is 0 Å². The van der Waals surface area contributed by atoms with Crippen molar-refractivity contribution in [3.05, 3.63) is 88.5 Å². The van der Waals surface area contributed by atoms with Crippen LogP contribution in [0.5, 0.6) is 0 Å². The van der Waals surface area contributed by atoms with Gasteiger partial charge in [-0.3, -0.25) is 14.3 Å². The summed E-state index contributed by atoms with van der Waals surface area (Å²) in [6.07, 6.45) is 0.132. The second kappa shape index (κ2) is 9.35. The van der Waals surface area contributed by atoms with Crippen molar-refractivity contribution >= 4 is 33.0 Å². The van der Waals surface area contributed by atoms with Crippen LogP contribution in [0.3, 0.4) is 0 Å². The fraction of sp³-hybridized carbons (Fsp3) is 0.222. The first-order valence-corrected chi connectivity index (χ1v) is 12.7. The molecule has 1 atom stereocenters. The van der Waals surface area contributed by atoms with Crippen molar-refractivity contribution in [3.63, 3.8) is 0 Å². The zero-order valence-corrected chi connectivity index (χ0v) is 20.4. The van der Waals surface area contributed by atoms with Gasteiger partial charge in [0.25, 0.3) is 10.0 Å². The van der Waals surface area contributed by atoms with Gasteiger partial charge in [-0.05, 0) is 54.4 Å². The highest BCUT2D eigenvalue weighted by Gasteiger charge is 2.28. The Labute approximate surface area is 204 Å². The van der Waals surface area contributed by atoms with E-state index in [1.165, 1.54) is 18.2 Å². The molecule has 0 aliphatic carbocycles. The Kier molecular flexibility index (Phi) is 6.46. The van der Waals surface area contributed by atoms with E-state index in [9.17, 15) is 23.3 Å². The van der Waals surface area contributed by atoms with Crippen LogP contribution in [0.15, 0.2) is 65.6 Å². The summed E-state index contributed by atoms with van der Waals surface area (Å²) in [4.78, 5) is 25.3. The van der Waals surface area contributed by atoms with Crippen molar-refractivity contribution < 1.29 is 18.0 Å². The van der Waals surface area contributed by atoms with Crippen LogP contribution in [0.1, 0.15) is 63.7 Å². The second-order valence-corrected chi connectivity index (χ2v) is 10.6. The zero-order chi connectivity index (χ0) is 25.3. The van der Waals surface area contributed by atoms with Crippen LogP contribution in [0.25, 0.3) is 0 Å². The average Bonchev–Trinajstić information content (AvgIpc) is 2.84. The first-order valence-electron chi connectivity index (χ1n) is 11.2. The Morgan fingerprint density at radius 3 is 2.60 bits per heavy atom. The van der Waals surface area contributed by atoms with Gasteiger partial charge in [0.15, 0.2) is 11.6 Å². The summed E-state index contributed by atoms with van der Waals surface area (Å²) in [5.41, 5.74) is 3.63. The molecular weight excluding hydrogens is 462 g/mol. The Bertz CT molecular complexity index is 1490. The molecule has 2 N–H and O–H groups in total. The van der Waals surface area contributed by atoms with Crippen molar-refractivity contribution in [2.24, 2.45) is 5.92 Å². The lowest BCUT2D eigenvalue weighted by molar-refractivity contribution is 0.0938. The lowest BCUT2D eigenvalue weighted by Crippen LogP contribution is -2.24. The van der Waals surface area contributed by atoms with E-state index in [2.05, 4.69) is 10.0 Å². The third kappa shape index (κ3) is 4.96. The number of sulfonamides is 1. The van der Waals surface area contributed by atoms with Gasteiger partial charge in [0.05, 0.1) is 28.3 Å². The highest BCUT2D eigenvalue weighted by atomic mass is 32.2. The summed E-state index contributed by atoms with van der Waals surface area (Å²) in [6, 6.07) is 18.0. The molecule has 1 aliphatic rings. The standard InChI is InChI=1S/C27H25N3O4S/c1-16(2)27(32)19-6-4-5-18(11-19)25-14-26(31)23-13-22(9-10-24(23)29-25)35(33,34)30-21-8-7-17(3)20(12-21)15-28/h4-13,16,25,29-30H,14H2,1-3H3. The van der Waals surface area contributed by atoms with E-state index in [1.54, 1.807) is 43.3 Å². The van der Waals surface area contributed by atoms with Crippen molar-refractivity contribution in [1.82, 2.24) is 0 Å². The second-order valence-electron chi connectivity index (χ2n) is 8.92. The molecule has 3 aromatic rings. The molecule has 7 nitrogen and oxygen atoms in total. The summed E-state index contributed by atoms with van der Waals surface area (Å²) in [7, 11) is -3.97. The molecule has 0 fully saturated rings. The SMILES string of the molecule is Cc1ccc(NS(=O)(=O)c2ccc3c(c2)C(=O)CC(c2cccc(C(=O)C(C)C)c2)N3)cc1C#N. The number of nitrogens with one attached hydrogen (secondary N) is 2. The smallest absolute Gasteiger partial charge is 0.261 e. The molecular formula is C27H25N3O4S. The number of Topliss-reactive ketones (excluding diaryl/α,β-unsaturated/α-hetero) is 2. The third-order valence-corrected chi connectivity index (χ3v) is 7.41. The minimum Gasteiger partial charge on any atom is -0.377 e. The summed E-state index contributed by atoms with van der Waals surface area (Å²) in [5, 5.41) is 12.5. The van der Waals surface area contributed by atoms with Gasteiger partial charge in [-0.15, -0.1) is 0 Å².